The van der Waals surface area contributed by atoms with Crippen LogP contribution in [0, 0.1) is 0 Å². The van der Waals surface area contributed by atoms with E-state index in [9.17, 15) is 4.79 Å². The summed E-state index contributed by atoms with van der Waals surface area (Å²) >= 11 is 0. The van der Waals surface area contributed by atoms with Gasteiger partial charge in [-0.25, -0.2) is 0 Å². The van der Waals surface area contributed by atoms with Gasteiger partial charge in [-0.15, -0.1) is 0 Å². The lowest BCUT2D eigenvalue weighted by atomic mass is 10.1. The quantitative estimate of drug-likeness (QED) is 0.279. The first-order valence-electron chi connectivity index (χ1n) is 8.94. The summed E-state index contributed by atoms with van der Waals surface area (Å²) in [5, 5.41) is 8.48. The highest BCUT2D eigenvalue weighted by atomic mass is 16.4. The molecule has 0 atom stereocenters. The number of carboxylic acids is 1. The summed E-state index contributed by atoms with van der Waals surface area (Å²) in [6, 6.07) is 0. The monoisotopic (exact) mass is 306 g/mol. The molecule has 0 bridgehead atoms. The molecule has 0 aliphatic rings. The van der Waals surface area contributed by atoms with Crippen molar-refractivity contribution in [1.82, 2.24) is 0 Å². The Balaban J connectivity index is 3.16. The third kappa shape index (κ3) is 18.7. The topological polar surface area (TPSA) is 37.3 Å². The molecule has 0 radical (unpaired) electrons. The van der Waals surface area contributed by atoms with Crippen LogP contribution in [0.2, 0.25) is 0 Å². The Morgan fingerprint density at radius 1 is 0.727 bits per heavy atom. The van der Waals surface area contributed by atoms with E-state index < -0.39 is 5.97 Å². The molecule has 1 N–H and O–H groups in total. The molecule has 0 saturated heterocycles. The zero-order valence-electron chi connectivity index (χ0n) is 14.3. The van der Waals surface area contributed by atoms with Crippen molar-refractivity contribution < 1.29 is 9.90 Å². The zero-order chi connectivity index (χ0) is 16.3. The summed E-state index contributed by atoms with van der Waals surface area (Å²) in [6.07, 6.45) is 26.5. The Morgan fingerprint density at radius 3 is 1.77 bits per heavy atom. The third-order valence-electron chi connectivity index (χ3n) is 3.54. The molecule has 2 nitrogen and oxygen atoms in total. The number of rotatable bonds is 15. The molecule has 0 heterocycles. The molecule has 0 unspecified atom stereocenters. The molecule has 0 aliphatic heterocycles. The van der Waals surface area contributed by atoms with E-state index in [1.54, 1.807) is 6.08 Å². The van der Waals surface area contributed by atoms with E-state index in [2.05, 4.69) is 31.2 Å². The number of carboxylic acid groups (broad SMARTS) is 1. The van der Waals surface area contributed by atoms with Gasteiger partial charge in [-0.3, -0.25) is 4.79 Å². The predicted octanol–water partition coefficient (Wildman–Crippen LogP) is 6.44. The van der Waals surface area contributed by atoms with Gasteiger partial charge in [0, 0.05) is 0 Å². The third-order valence-corrected chi connectivity index (χ3v) is 3.54. The van der Waals surface area contributed by atoms with E-state index >= 15 is 0 Å². The number of hydrogen-bond acceptors (Lipinski definition) is 1. The molecule has 2 heteroatoms. The van der Waals surface area contributed by atoms with Gasteiger partial charge in [0.15, 0.2) is 0 Å². The minimum absolute atomic E-state index is 0.156. The van der Waals surface area contributed by atoms with Crippen molar-refractivity contribution in [3.05, 3.63) is 36.5 Å². The van der Waals surface area contributed by atoms with Gasteiger partial charge in [0.25, 0.3) is 0 Å². The van der Waals surface area contributed by atoms with Crippen molar-refractivity contribution in [3.63, 3.8) is 0 Å². The molecule has 0 spiro atoms. The smallest absolute Gasteiger partial charge is 0.307 e. The second-order valence-corrected chi connectivity index (χ2v) is 5.71. The van der Waals surface area contributed by atoms with Gasteiger partial charge in [0.05, 0.1) is 6.42 Å². The fourth-order valence-corrected chi connectivity index (χ4v) is 2.27. The molecule has 0 aromatic rings. The molecule has 0 aromatic carbocycles. The van der Waals surface area contributed by atoms with Crippen molar-refractivity contribution >= 4 is 5.97 Å². The molecular formula is C20H34O2. The maximum atomic E-state index is 10.3. The minimum atomic E-state index is -0.747. The number of allylic oxidation sites excluding steroid dienone is 5. The fraction of sp³-hybridized carbons (Fsp3) is 0.650. The van der Waals surface area contributed by atoms with Crippen molar-refractivity contribution in [1.29, 1.82) is 0 Å². The van der Waals surface area contributed by atoms with Crippen LogP contribution in [0.1, 0.15) is 84.0 Å². The van der Waals surface area contributed by atoms with Crippen LogP contribution in [0.15, 0.2) is 36.5 Å². The first-order chi connectivity index (χ1) is 10.8. The van der Waals surface area contributed by atoms with Crippen LogP contribution in [-0.2, 0) is 4.79 Å². The van der Waals surface area contributed by atoms with Crippen LogP contribution in [-0.4, -0.2) is 11.1 Å². The highest BCUT2D eigenvalue weighted by Gasteiger charge is 1.92. The van der Waals surface area contributed by atoms with Gasteiger partial charge in [-0.1, -0.05) is 75.5 Å². The zero-order valence-corrected chi connectivity index (χ0v) is 14.3. The van der Waals surface area contributed by atoms with E-state index in [4.69, 9.17) is 5.11 Å². The number of aliphatic carboxylic acids is 1. The maximum absolute atomic E-state index is 10.3. The normalized spacial score (nSPS) is 12.0. The van der Waals surface area contributed by atoms with Gasteiger partial charge in [-0.2, -0.15) is 0 Å². The van der Waals surface area contributed by atoms with Crippen LogP contribution in [0.3, 0.4) is 0 Å². The molecule has 0 fully saturated rings. The Morgan fingerprint density at radius 2 is 1.23 bits per heavy atom. The summed E-state index contributed by atoms with van der Waals surface area (Å²) in [6.45, 7) is 2.16. The van der Waals surface area contributed by atoms with Crippen molar-refractivity contribution in [3.8, 4) is 0 Å². The Bertz CT molecular complexity index is 327. The molecular weight excluding hydrogens is 272 g/mol. The van der Waals surface area contributed by atoms with Gasteiger partial charge in [-0.05, 0) is 38.5 Å². The molecule has 0 saturated carbocycles. The number of carbonyl (C=O) groups is 1. The Hall–Kier alpha value is -1.31. The largest absolute Gasteiger partial charge is 0.481 e. The van der Waals surface area contributed by atoms with Crippen molar-refractivity contribution in [2.75, 3.05) is 0 Å². The summed E-state index contributed by atoms with van der Waals surface area (Å²) in [5.41, 5.74) is 0. The average molecular weight is 306 g/mol. The summed E-state index contributed by atoms with van der Waals surface area (Å²) < 4.78 is 0. The highest BCUT2D eigenvalue weighted by molar-refractivity contribution is 5.68. The van der Waals surface area contributed by atoms with Crippen LogP contribution < -0.4 is 0 Å². The Labute approximate surface area is 137 Å². The lowest BCUT2D eigenvalue weighted by molar-refractivity contribution is -0.136. The van der Waals surface area contributed by atoms with Crippen molar-refractivity contribution in [2.24, 2.45) is 0 Å². The maximum Gasteiger partial charge on any atom is 0.307 e. The van der Waals surface area contributed by atoms with Gasteiger partial charge in [0.2, 0.25) is 0 Å². The van der Waals surface area contributed by atoms with Crippen LogP contribution >= 0.6 is 0 Å². The van der Waals surface area contributed by atoms with E-state index in [-0.39, 0.29) is 6.42 Å². The second-order valence-electron chi connectivity index (χ2n) is 5.71. The molecule has 22 heavy (non-hydrogen) atoms. The minimum Gasteiger partial charge on any atom is -0.481 e. The van der Waals surface area contributed by atoms with E-state index in [0.717, 1.165) is 19.3 Å². The van der Waals surface area contributed by atoms with Gasteiger partial charge >= 0.3 is 5.97 Å². The predicted molar refractivity (Wildman–Crippen MR) is 96.1 cm³/mol. The molecule has 0 aliphatic carbocycles. The van der Waals surface area contributed by atoms with Gasteiger partial charge in [0.1, 0.15) is 0 Å². The van der Waals surface area contributed by atoms with Crippen molar-refractivity contribution in [2.45, 2.75) is 84.0 Å². The van der Waals surface area contributed by atoms with Crippen LogP contribution in [0.25, 0.3) is 0 Å². The van der Waals surface area contributed by atoms with Gasteiger partial charge < -0.3 is 5.11 Å². The fourth-order valence-electron chi connectivity index (χ4n) is 2.27. The summed E-state index contributed by atoms with van der Waals surface area (Å²) in [4.78, 5) is 10.3. The van der Waals surface area contributed by atoms with E-state index in [0.29, 0.717) is 0 Å². The van der Waals surface area contributed by atoms with E-state index in [1.165, 1.54) is 51.4 Å². The molecule has 0 rings (SSSR count). The number of hydrogen-bond donors (Lipinski definition) is 1. The summed E-state index contributed by atoms with van der Waals surface area (Å²) in [5.74, 6) is -0.747. The standard InChI is InChI=1S/C20H34O2/c1-2-3-4-5-6-7-8-9-10-11-12-13-14-15-16-17-18-19-20(21)22/h3-4,6-7,17-18H,2,5,8-16,19H2,1H3,(H,21,22). The molecule has 0 aromatic heterocycles. The summed E-state index contributed by atoms with van der Waals surface area (Å²) in [7, 11) is 0. The molecule has 126 valence electrons. The van der Waals surface area contributed by atoms with Crippen LogP contribution in [0.5, 0.6) is 0 Å². The first kappa shape index (κ1) is 20.7. The lowest BCUT2D eigenvalue weighted by Gasteiger charge is -2.00. The molecule has 0 amide bonds. The highest BCUT2D eigenvalue weighted by Crippen LogP contribution is 2.10. The Kier molecular flexibility index (Phi) is 16.7. The average Bonchev–Trinajstić information content (AvgIpc) is 2.50. The number of unbranched alkanes of at least 4 members (excludes halogenated alkanes) is 8. The van der Waals surface area contributed by atoms with E-state index in [1.807, 2.05) is 6.08 Å². The SMILES string of the molecule is CCC=CCC=CCCCCCCCCCC=CCC(=O)O. The first-order valence-corrected chi connectivity index (χ1v) is 8.94. The van der Waals surface area contributed by atoms with Crippen LogP contribution in [0.4, 0.5) is 0 Å². The lowest BCUT2D eigenvalue weighted by Crippen LogP contribution is -1.89. The second kappa shape index (κ2) is 17.7.